The van der Waals surface area contributed by atoms with Gasteiger partial charge < -0.3 is 23.7 Å². The van der Waals surface area contributed by atoms with Crippen molar-refractivity contribution in [2.75, 3.05) is 20.3 Å². The van der Waals surface area contributed by atoms with E-state index in [9.17, 15) is 4.79 Å². The third-order valence-electron chi connectivity index (χ3n) is 8.60. The van der Waals surface area contributed by atoms with E-state index < -0.39 is 0 Å². The number of carbonyl (C=O) groups excluding carboxylic acids is 1. The molecule has 2 unspecified atom stereocenters. The SMILES string of the molecule is CCCCC(C)(C)[C@@H](/C=C/[C@@H]1C(CCCCCCC(=O)OC)=CC[C@H]1OC1CCCCO1)OC1CCCCO1. The second kappa shape index (κ2) is 17.6. The van der Waals surface area contributed by atoms with Crippen LogP contribution in [0.15, 0.2) is 23.8 Å². The summed E-state index contributed by atoms with van der Waals surface area (Å²) in [5.74, 6) is 0.131. The molecule has 2 heterocycles. The van der Waals surface area contributed by atoms with Crippen molar-refractivity contribution in [3.05, 3.63) is 23.8 Å². The van der Waals surface area contributed by atoms with Crippen LogP contribution in [0.25, 0.3) is 0 Å². The summed E-state index contributed by atoms with van der Waals surface area (Å²) in [6.45, 7) is 8.52. The lowest BCUT2D eigenvalue weighted by Gasteiger charge is -2.36. The predicted octanol–water partition coefficient (Wildman–Crippen LogP) is 8.04. The molecule has 39 heavy (non-hydrogen) atoms. The summed E-state index contributed by atoms with van der Waals surface area (Å²) in [6.07, 6.45) is 23.8. The minimum absolute atomic E-state index is 0.00102. The van der Waals surface area contributed by atoms with Crippen LogP contribution in [0.3, 0.4) is 0 Å². The molecule has 0 spiro atoms. The van der Waals surface area contributed by atoms with E-state index in [0.29, 0.717) is 6.42 Å². The minimum atomic E-state index is -0.111. The first-order chi connectivity index (χ1) is 18.9. The molecule has 2 fully saturated rings. The second-order valence-corrected chi connectivity index (χ2v) is 12.3. The highest BCUT2D eigenvalue weighted by molar-refractivity contribution is 5.68. The number of hydrogen-bond acceptors (Lipinski definition) is 6. The normalized spacial score (nSPS) is 27.0. The van der Waals surface area contributed by atoms with Gasteiger partial charge in [-0.05, 0) is 76.0 Å². The molecule has 0 amide bonds. The van der Waals surface area contributed by atoms with E-state index in [1.165, 1.54) is 38.4 Å². The number of methoxy groups -OCH3 is 1. The van der Waals surface area contributed by atoms with Gasteiger partial charge >= 0.3 is 5.97 Å². The first-order valence-corrected chi connectivity index (χ1v) is 15.9. The Balaban J connectivity index is 1.66. The summed E-state index contributed by atoms with van der Waals surface area (Å²) >= 11 is 0. The Morgan fingerprint density at radius 1 is 1.03 bits per heavy atom. The highest BCUT2D eigenvalue weighted by Crippen LogP contribution is 2.38. The maximum absolute atomic E-state index is 11.4. The summed E-state index contributed by atoms with van der Waals surface area (Å²) in [4.78, 5) is 11.4. The van der Waals surface area contributed by atoms with Gasteiger partial charge in [-0.3, -0.25) is 4.79 Å². The minimum Gasteiger partial charge on any atom is -0.469 e. The van der Waals surface area contributed by atoms with Gasteiger partial charge in [0.1, 0.15) is 0 Å². The molecule has 1 aliphatic carbocycles. The molecule has 3 rings (SSSR count). The maximum Gasteiger partial charge on any atom is 0.305 e. The standard InChI is InChI=1S/C33H56O6/c1-5-6-23-33(2,3)29(39-32-18-12-14-25-37-32)22-20-27-26(15-9-7-8-10-16-30(34)35-4)19-21-28(27)38-31-17-11-13-24-36-31/h19-20,22,27-29,31-32H,5-18,21,23-25H2,1-4H3/b22-20+/t27-,28-,29-,31?,32?/m1/s1. The Hall–Kier alpha value is -1.21. The highest BCUT2D eigenvalue weighted by atomic mass is 16.7. The van der Waals surface area contributed by atoms with Gasteiger partial charge in [-0.25, -0.2) is 0 Å². The van der Waals surface area contributed by atoms with E-state index in [0.717, 1.165) is 83.8 Å². The van der Waals surface area contributed by atoms with E-state index >= 15 is 0 Å². The van der Waals surface area contributed by atoms with Crippen molar-refractivity contribution in [3.8, 4) is 0 Å². The molecule has 6 nitrogen and oxygen atoms in total. The van der Waals surface area contributed by atoms with Crippen molar-refractivity contribution < 1.29 is 28.5 Å². The molecule has 5 atom stereocenters. The molecule has 2 saturated heterocycles. The van der Waals surface area contributed by atoms with E-state index in [1.54, 1.807) is 0 Å². The molecule has 0 bridgehead atoms. The summed E-state index contributed by atoms with van der Waals surface area (Å²) < 4.78 is 29.9. The Kier molecular flexibility index (Phi) is 14.6. The van der Waals surface area contributed by atoms with Gasteiger partial charge in [-0.1, -0.05) is 70.3 Å². The van der Waals surface area contributed by atoms with E-state index in [2.05, 4.69) is 39.0 Å². The smallest absolute Gasteiger partial charge is 0.305 e. The Morgan fingerprint density at radius 2 is 1.74 bits per heavy atom. The average Bonchev–Trinajstić information content (AvgIpc) is 3.33. The Morgan fingerprint density at radius 3 is 2.41 bits per heavy atom. The number of rotatable bonds is 17. The van der Waals surface area contributed by atoms with Crippen molar-refractivity contribution in [3.63, 3.8) is 0 Å². The lowest BCUT2D eigenvalue weighted by Crippen LogP contribution is -2.36. The second-order valence-electron chi connectivity index (χ2n) is 12.3. The number of unbranched alkanes of at least 4 members (excludes halogenated alkanes) is 4. The molecule has 3 aliphatic rings. The summed E-state index contributed by atoms with van der Waals surface area (Å²) in [6, 6.07) is 0. The third-order valence-corrected chi connectivity index (χ3v) is 8.60. The van der Waals surface area contributed by atoms with Gasteiger partial charge in [-0.2, -0.15) is 0 Å². The summed E-state index contributed by atoms with van der Waals surface area (Å²) in [5, 5.41) is 0. The molecule has 0 aromatic carbocycles. The van der Waals surface area contributed by atoms with E-state index in [4.69, 9.17) is 23.7 Å². The van der Waals surface area contributed by atoms with E-state index in [-0.39, 0.29) is 42.1 Å². The lowest BCUT2D eigenvalue weighted by molar-refractivity contribution is -0.198. The molecule has 224 valence electrons. The largest absolute Gasteiger partial charge is 0.469 e. The van der Waals surface area contributed by atoms with Crippen LogP contribution < -0.4 is 0 Å². The van der Waals surface area contributed by atoms with Crippen molar-refractivity contribution in [1.29, 1.82) is 0 Å². The number of ether oxygens (including phenoxy) is 5. The Bertz CT molecular complexity index is 747. The maximum atomic E-state index is 11.4. The van der Waals surface area contributed by atoms with Gasteiger partial charge in [0.15, 0.2) is 12.6 Å². The van der Waals surface area contributed by atoms with Crippen molar-refractivity contribution >= 4 is 5.97 Å². The van der Waals surface area contributed by atoms with Crippen LogP contribution in [0, 0.1) is 11.3 Å². The fraction of sp³-hybridized carbons (Fsp3) is 0.848. The zero-order valence-electron chi connectivity index (χ0n) is 25.3. The molecule has 0 radical (unpaired) electrons. The zero-order chi connectivity index (χ0) is 27.9. The monoisotopic (exact) mass is 548 g/mol. The average molecular weight is 549 g/mol. The quantitative estimate of drug-likeness (QED) is 0.104. The van der Waals surface area contributed by atoms with Gasteiger partial charge in [0, 0.05) is 25.6 Å². The first-order valence-electron chi connectivity index (χ1n) is 15.9. The fourth-order valence-electron chi connectivity index (χ4n) is 5.98. The predicted molar refractivity (Wildman–Crippen MR) is 155 cm³/mol. The van der Waals surface area contributed by atoms with Crippen LogP contribution in [0.2, 0.25) is 0 Å². The molecule has 6 heteroatoms. The molecular weight excluding hydrogens is 492 g/mol. The van der Waals surface area contributed by atoms with Crippen molar-refractivity contribution in [2.24, 2.45) is 11.3 Å². The lowest BCUT2D eigenvalue weighted by atomic mass is 9.80. The molecule has 0 saturated carbocycles. The summed E-state index contributed by atoms with van der Waals surface area (Å²) in [5.41, 5.74) is 1.50. The number of esters is 1. The van der Waals surface area contributed by atoms with Crippen molar-refractivity contribution in [1.82, 2.24) is 0 Å². The van der Waals surface area contributed by atoms with Gasteiger partial charge in [0.25, 0.3) is 0 Å². The third kappa shape index (κ3) is 11.3. The Labute approximate surface area is 238 Å². The first kappa shape index (κ1) is 32.3. The topological polar surface area (TPSA) is 63.2 Å². The summed E-state index contributed by atoms with van der Waals surface area (Å²) in [7, 11) is 1.46. The van der Waals surface area contributed by atoms with Gasteiger partial charge in [0.05, 0.1) is 19.3 Å². The van der Waals surface area contributed by atoms with Crippen LogP contribution in [-0.4, -0.2) is 51.1 Å². The number of hydrogen-bond donors (Lipinski definition) is 0. The van der Waals surface area contributed by atoms with Crippen LogP contribution in [0.5, 0.6) is 0 Å². The van der Waals surface area contributed by atoms with Crippen LogP contribution in [0.1, 0.15) is 124 Å². The molecule has 0 N–H and O–H groups in total. The fourth-order valence-corrected chi connectivity index (χ4v) is 5.98. The van der Waals surface area contributed by atoms with Gasteiger partial charge in [-0.15, -0.1) is 0 Å². The molecule has 0 aromatic rings. The van der Waals surface area contributed by atoms with E-state index in [1.807, 2.05) is 0 Å². The zero-order valence-corrected chi connectivity index (χ0v) is 25.3. The van der Waals surface area contributed by atoms with Gasteiger partial charge in [0.2, 0.25) is 0 Å². The molecule has 2 aliphatic heterocycles. The number of carbonyl (C=O) groups is 1. The van der Waals surface area contributed by atoms with Crippen LogP contribution in [0.4, 0.5) is 0 Å². The van der Waals surface area contributed by atoms with Crippen LogP contribution in [-0.2, 0) is 28.5 Å². The highest BCUT2D eigenvalue weighted by Gasteiger charge is 2.34. The molecule has 0 aromatic heterocycles. The van der Waals surface area contributed by atoms with Crippen LogP contribution >= 0.6 is 0 Å². The van der Waals surface area contributed by atoms with Crippen molar-refractivity contribution in [2.45, 2.75) is 148 Å². The molecular formula is C33H56O6.